The minimum Gasteiger partial charge on any atom is -0.367 e. The Kier molecular flexibility index (Phi) is 5.21. The largest absolute Gasteiger partial charge is 0.367 e. The average molecular weight is 307 g/mol. The van der Waals surface area contributed by atoms with Crippen molar-refractivity contribution in [2.24, 2.45) is 0 Å². The summed E-state index contributed by atoms with van der Waals surface area (Å²) in [6.07, 6.45) is 0. The zero-order valence-corrected chi connectivity index (χ0v) is 13.3. The first-order valence-corrected chi connectivity index (χ1v) is 7.32. The van der Waals surface area contributed by atoms with E-state index in [9.17, 15) is 4.39 Å². The first kappa shape index (κ1) is 15.8. The minimum atomic E-state index is -0.188. The summed E-state index contributed by atoms with van der Waals surface area (Å²) in [6, 6.07) is 13.0. The maximum Gasteiger partial charge on any atom is 0.129 e. The van der Waals surface area contributed by atoms with Crippen molar-refractivity contribution in [1.29, 1.82) is 0 Å². The molecule has 0 saturated carbocycles. The highest BCUT2D eigenvalue weighted by Crippen LogP contribution is 2.30. The summed E-state index contributed by atoms with van der Waals surface area (Å²) in [5, 5.41) is 3.73. The highest BCUT2D eigenvalue weighted by atomic mass is 35.5. The quantitative estimate of drug-likeness (QED) is 0.881. The number of benzene rings is 2. The van der Waals surface area contributed by atoms with Crippen molar-refractivity contribution in [3.8, 4) is 0 Å². The minimum absolute atomic E-state index is 0.0982. The van der Waals surface area contributed by atoms with Crippen LogP contribution in [0.15, 0.2) is 42.5 Å². The molecule has 0 amide bonds. The third kappa shape index (κ3) is 3.55. The molecule has 0 heterocycles. The van der Waals surface area contributed by atoms with Crippen molar-refractivity contribution in [3.63, 3.8) is 0 Å². The molecule has 0 bridgehead atoms. The summed E-state index contributed by atoms with van der Waals surface area (Å²) in [6.45, 7) is 2.58. The lowest BCUT2D eigenvalue weighted by atomic mass is 10.0. The highest BCUT2D eigenvalue weighted by Gasteiger charge is 2.17. The van der Waals surface area contributed by atoms with Gasteiger partial charge in [0.2, 0.25) is 0 Å². The summed E-state index contributed by atoms with van der Waals surface area (Å²) >= 11 is 6.06. The van der Waals surface area contributed by atoms with Crippen molar-refractivity contribution in [3.05, 3.63) is 64.4 Å². The molecule has 2 rings (SSSR count). The van der Waals surface area contributed by atoms with Gasteiger partial charge in [-0.1, -0.05) is 29.8 Å². The zero-order valence-electron chi connectivity index (χ0n) is 12.5. The van der Waals surface area contributed by atoms with Crippen molar-refractivity contribution in [2.45, 2.75) is 19.5 Å². The number of hydrogen-bond donors (Lipinski definition) is 1. The predicted molar refractivity (Wildman–Crippen MR) is 87.4 cm³/mol. The molecule has 0 spiro atoms. The molecule has 0 saturated heterocycles. The Morgan fingerprint density at radius 2 is 1.95 bits per heavy atom. The fourth-order valence-corrected chi connectivity index (χ4v) is 2.63. The molecule has 0 aliphatic rings. The first-order chi connectivity index (χ1) is 10.0. The summed E-state index contributed by atoms with van der Waals surface area (Å²) in [5.41, 5.74) is 2.66. The van der Waals surface area contributed by atoms with Gasteiger partial charge in [0.15, 0.2) is 0 Å². The van der Waals surface area contributed by atoms with Crippen LogP contribution in [-0.2, 0) is 6.54 Å². The normalized spacial score (nSPS) is 12.2. The third-order valence-electron chi connectivity index (χ3n) is 3.74. The molecule has 0 aliphatic heterocycles. The maximum absolute atomic E-state index is 14.0. The van der Waals surface area contributed by atoms with Gasteiger partial charge in [-0.2, -0.15) is 0 Å². The van der Waals surface area contributed by atoms with E-state index in [4.69, 9.17) is 11.6 Å². The fourth-order valence-electron chi connectivity index (χ4n) is 2.43. The highest BCUT2D eigenvalue weighted by molar-refractivity contribution is 6.30. The van der Waals surface area contributed by atoms with E-state index in [0.29, 0.717) is 17.1 Å². The predicted octanol–water partition coefficient (Wildman–Crippen LogP) is 4.40. The van der Waals surface area contributed by atoms with Gasteiger partial charge < -0.3 is 10.2 Å². The summed E-state index contributed by atoms with van der Waals surface area (Å²) in [5.74, 6) is -0.188. The van der Waals surface area contributed by atoms with Gasteiger partial charge in [0.05, 0.1) is 6.04 Å². The van der Waals surface area contributed by atoms with Crippen LogP contribution in [0.3, 0.4) is 0 Å². The molecular formula is C17H20ClFN2. The number of nitrogens with one attached hydrogen (secondary N) is 1. The molecular weight excluding hydrogens is 287 g/mol. The van der Waals surface area contributed by atoms with E-state index in [1.807, 2.05) is 44.4 Å². The number of anilines is 1. The van der Waals surface area contributed by atoms with E-state index < -0.39 is 0 Å². The van der Waals surface area contributed by atoms with Crippen molar-refractivity contribution in [2.75, 3.05) is 19.0 Å². The van der Waals surface area contributed by atoms with Crippen LogP contribution in [0.25, 0.3) is 0 Å². The molecule has 0 fully saturated rings. The second-order valence-corrected chi connectivity index (χ2v) is 5.55. The van der Waals surface area contributed by atoms with E-state index in [2.05, 4.69) is 17.1 Å². The molecule has 1 unspecified atom stereocenters. The van der Waals surface area contributed by atoms with Gasteiger partial charge in [-0.15, -0.1) is 0 Å². The SMILES string of the molecule is CNCc1c(F)cccc1N(C)C(C)c1cccc(Cl)c1. The molecule has 1 N–H and O–H groups in total. The van der Waals surface area contributed by atoms with Gasteiger partial charge in [0.1, 0.15) is 5.82 Å². The van der Waals surface area contributed by atoms with E-state index in [1.54, 1.807) is 6.07 Å². The van der Waals surface area contributed by atoms with Gasteiger partial charge in [-0.3, -0.25) is 0 Å². The lowest BCUT2D eigenvalue weighted by molar-refractivity contribution is 0.597. The second-order valence-electron chi connectivity index (χ2n) is 5.11. The van der Waals surface area contributed by atoms with Crippen LogP contribution in [0.2, 0.25) is 5.02 Å². The van der Waals surface area contributed by atoms with Gasteiger partial charge in [-0.05, 0) is 43.8 Å². The van der Waals surface area contributed by atoms with Crippen LogP contribution >= 0.6 is 11.6 Å². The Hall–Kier alpha value is -1.58. The standard InChI is InChI=1S/C17H20ClFN2/c1-12(13-6-4-7-14(18)10-13)21(3)17-9-5-8-16(19)15(17)11-20-2/h4-10,12,20H,11H2,1-3H3. The first-order valence-electron chi connectivity index (χ1n) is 6.95. The Bertz CT molecular complexity index is 615. The molecule has 0 radical (unpaired) electrons. The van der Waals surface area contributed by atoms with Crippen LogP contribution in [0.1, 0.15) is 24.1 Å². The Balaban J connectivity index is 2.35. The van der Waals surface area contributed by atoms with E-state index in [0.717, 1.165) is 11.3 Å². The molecule has 4 heteroatoms. The molecule has 0 aromatic heterocycles. The van der Waals surface area contributed by atoms with Crippen molar-refractivity contribution < 1.29 is 4.39 Å². The van der Waals surface area contributed by atoms with Crippen LogP contribution < -0.4 is 10.2 Å². The summed E-state index contributed by atoms with van der Waals surface area (Å²) in [7, 11) is 3.79. The summed E-state index contributed by atoms with van der Waals surface area (Å²) < 4.78 is 14.0. The third-order valence-corrected chi connectivity index (χ3v) is 3.97. The van der Waals surface area contributed by atoms with E-state index in [1.165, 1.54) is 6.07 Å². The fraction of sp³-hybridized carbons (Fsp3) is 0.294. The molecule has 21 heavy (non-hydrogen) atoms. The van der Waals surface area contributed by atoms with Gasteiger partial charge in [0, 0.05) is 29.9 Å². The van der Waals surface area contributed by atoms with Gasteiger partial charge in [-0.25, -0.2) is 4.39 Å². The van der Waals surface area contributed by atoms with Gasteiger partial charge in [0.25, 0.3) is 0 Å². The van der Waals surface area contributed by atoms with E-state index in [-0.39, 0.29) is 11.9 Å². The summed E-state index contributed by atoms with van der Waals surface area (Å²) in [4.78, 5) is 2.07. The van der Waals surface area contributed by atoms with E-state index >= 15 is 0 Å². The molecule has 1 atom stereocenters. The molecule has 2 nitrogen and oxygen atoms in total. The number of halogens is 2. The lowest BCUT2D eigenvalue weighted by Gasteiger charge is -2.29. The van der Waals surface area contributed by atoms with Crippen LogP contribution in [0.4, 0.5) is 10.1 Å². The Labute approximate surface area is 130 Å². The monoisotopic (exact) mass is 306 g/mol. The molecule has 112 valence electrons. The maximum atomic E-state index is 14.0. The Morgan fingerprint density at radius 3 is 2.62 bits per heavy atom. The van der Waals surface area contributed by atoms with Crippen LogP contribution in [-0.4, -0.2) is 14.1 Å². The van der Waals surface area contributed by atoms with Crippen molar-refractivity contribution >= 4 is 17.3 Å². The molecule has 2 aromatic rings. The smallest absolute Gasteiger partial charge is 0.129 e. The lowest BCUT2D eigenvalue weighted by Crippen LogP contribution is -2.24. The van der Waals surface area contributed by atoms with Gasteiger partial charge >= 0.3 is 0 Å². The number of nitrogens with zero attached hydrogens (tertiary/aromatic N) is 1. The van der Waals surface area contributed by atoms with Crippen LogP contribution in [0, 0.1) is 5.82 Å². The average Bonchev–Trinajstić information content (AvgIpc) is 2.48. The van der Waals surface area contributed by atoms with Crippen LogP contribution in [0.5, 0.6) is 0 Å². The number of rotatable bonds is 5. The molecule has 2 aromatic carbocycles. The Morgan fingerprint density at radius 1 is 1.24 bits per heavy atom. The number of hydrogen-bond acceptors (Lipinski definition) is 2. The zero-order chi connectivity index (χ0) is 15.4. The topological polar surface area (TPSA) is 15.3 Å². The molecule has 0 aliphatic carbocycles. The second kappa shape index (κ2) is 6.92. The van der Waals surface area contributed by atoms with Crippen molar-refractivity contribution in [1.82, 2.24) is 5.32 Å².